The van der Waals surface area contributed by atoms with Crippen molar-refractivity contribution < 1.29 is 4.42 Å². The molecule has 0 spiro atoms. The van der Waals surface area contributed by atoms with Crippen molar-refractivity contribution in [2.75, 3.05) is 6.26 Å². The first-order valence-corrected chi connectivity index (χ1v) is 4.91. The van der Waals surface area contributed by atoms with E-state index in [4.69, 9.17) is 9.68 Å². The molecule has 2 aromatic rings. The van der Waals surface area contributed by atoms with Gasteiger partial charge in [0.1, 0.15) is 5.52 Å². The van der Waals surface area contributed by atoms with Crippen LogP contribution in [-0.2, 0) is 0 Å². The Hall–Kier alpha value is -1.47. The summed E-state index contributed by atoms with van der Waals surface area (Å²) < 4.78 is 5.17. The Labute approximate surface area is 79.4 Å². The van der Waals surface area contributed by atoms with E-state index in [1.54, 1.807) is 11.8 Å². The van der Waals surface area contributed by atoms with Gasteiger partial charge in [-0.25, -0.2) is 0 Å². The van der Waals surface area contributed by atoms with Crippen LogP contribution in [0.2, 0.25) is 0 Å². The third-order valence-corrected chi connectivity index (χ3v) is 2.47. The van der Waals surface area contributed by atoms with Gasteiger partial charge in [0.25, 0.3) is 0 Å². The summed E-state index contributed by atoms with van der Waals surface area (Å²) in [5.41, 5.74) is 1.44. The number of aromatic nitrogens is 1. The Kier molecular flexibility index (Phi) is 1.95. The SMILES string of the molecule is CSc1cccc2oc(C#N)nc12. The lowest BCUT2D eigenvalue weighted by Crippen LogP contribution is -1.74. The molecule has 0 unspecified atom stereocenters. The van der Waals surface area contributed by atoms with Gasteiger partial charge in [-0.15, -0.1) is 11.8 Å². The summed E-state index contributed by atoms with van der Waals surface area (Å²) in [6.45, 7) is 0. The van der Waals surface area contributed by atoms with Gasteiger partial charge in [0.05, 0.1) is 0 Å². The van der Waals surface area contributed by atoms with Crippen LogP contribution in [0.25, 0.3) is 11.1 Å². The average molecular weight is 190 g/mol. The van der Waals surface area contributed by atoms with E-state index in [9.17, 15) is 0 Å². The Morgan fingerprint density at radius 2 is 2.38 bits per heavy atom. The van der Waals surface area contributed by atoms with E-state index >= 15 is 0 Å². The fraction of sp³-hybridized carbons (Fsp3) is 0.111. The van der Waals surface area contributed by atoms with Crippen LogP contribution < -0.4 is 0 Å². The summed E-state index contributed by atoms with van der Waals surface area (Å²) in [4.78, 5) is 5.08. The van der Waals surface area contributed by atoms with Crippen LogP contribution in [0.15, 0.2) is 27.5 Å². The normalized spacial score (nSPS) is 10.2. The molecule has 0 fully saturated rings. The highest BCUT2D eigenvalue weighted by molar-refractivity contribution is 7.98. The van der Waals surface area contributed by atoms with Crippen LogP contribution in [0.5, 0.6) is 0 Å². The number of nitrogens with zero attached hydrogens (tertiary/aromatic N) is 2. The van der Waals surface area contributed by atoms with Crippen molar-refractivity contribution in [3.63, 3.8) is 0 Å². The zero-order chi connectivity index (χ0) is 9.26. The van der Waals surface area contributed by atoms with Gasteiger partial charge in [0.15, 0.2) is 11.7 Å². The molecule has 64 valence electrons. The fourth-order valence-corrected chi connectivity index (χ4v) is 1.69. The Morgan fingerprint density at radius 3 is 3.08 bits per heavy atom. The lowest BCUT2D eigenvalue weighted by molar-refractivity contribution is 0.584. The third-order valence-electron chi connectivity index (χ3n) is 1.70. The van der Waals surface area contributed by atoms with Gasteiger partial charge in [-0.3, -0.25) is 0 Å². The van der Waals surface area contributed by atoms with Gasteiger partial charge in [0, 0.05) is 4.90 Å². The van der Waals surface area contributed by atoms with Crippen LogP contribution in [0.4, 0.5) is 0 Å². The van der Waals surface area contributed by atoms with E-state index in [-0.39, 0.29) is 5.89 Å². The predicted molar refractivity (Wildman–Crippen MR) is 50.5 cm³/mol. The largest absolute Gasteiger partial charge is 0.428 e. The second-order valence-corrected chi connectivity index (χ2v) is 3.29. The summed E-state index contributed by atoms with van der Waals surface area (Å²) in [6.07, 6.45) is 1.97. The number of fused-ring (bicyclic) bond motifs is 1. The first-order chi connectivity index (χ1) is 6.35. The number of hydrogen-bond acceptors (Lipinski definition) is 4. The maximum Gasteiger partial charge on any atom is 0.301 e. The van der Waals surface area contributed by atoms with Crippen molar-refractivity contribution in [2.24, 2.45) is 0 Å². The van der Waals surface area contributed by atoms with E-state index < -0.39 is 0 Å². The lowest BCUT2D eigenvalue weighted by atomic mass is 10.3. The number of hydrogen-bond donors (Lipinski definition) is 0. The molecular weight excluding hydrogens is 184 g/mol. The molecule has 0 aliphatic rings. The Morgan fingerprint density at radius 1 is 1.54 bits per heavy atom. The summed E-state index contributed by atoms with van der Waals surface area (Å²) >= 11 is 1.59. The summed E-state index contributed by atoms with van der Waals surface area (Å²) in [5, 5.41) is 8.59. The van der Waals surface area contributed by atoms with Crippen LogP contribution in [0, 0.1) is 11.3 Å². The molecule has 2 rings (SSSR count). The van der Waals surface area contributed by atoms with Crippen LogP contribution in [0.3, 0.4) is 0 Å². The molecule has 0 bridgehead atoms. The number of thioether (sulfide) groups is 1. The number of benzene rings is 1. The second kappa shape index (κ2) is 3.11. The number of rotatable bonds is 1. The van der Waals surface area contributed by atoms with Crippen molar-refractivity contribution in [3.05, 3.63) is 24.1 Å². The average Bonchev–Trinajstić information content (AvgIpc) is 2.59. The topological polar surface area (TPSA) is 49.8 Å². The molecule has 0 N–H and O–H groups in total. The zero-order valence-electron chi connectivity index (χ0n) is 6.94. The van der Waals surface area contributed by atoms with Crippen molar-refractivity contribution in [1.29, 1.82) is 5.26 Å². The van der Waals surface area contributed by atoms with Gasteiger partial charge < -0.3 is 4.42 Å². The van der Waals surface area contributed by atoms with Crippen molar-refractivity contribution in [3.8, 4) is 6.07 Å². The molecule has 1 aromatic heterocycles. The standard InChI is InChI=1S/C9H6N2OS/c1-13-7-4-2-3-6-9(7)11-8(5-10)12-6/h2-4H,1H3. The third kappa shape index (κ3) is 1.27. The van der Waals surface area contributed by atoms with Crippen LogP contribution in [0.1, 0.15) is 5.89 Å². The minimum Gasteiger partial charge on any atom is -0.428 e. The molecule has 0 aliphatic heterocycles. The Balaban J connectivity index is 2.76. The van der Waals surface area contributed by atoms with Gasteiger partial charge in [0.2, 0.25) is 0 Å². The number of nitriles is 1. The molecule has 3 nitrogen and oxygen atoms in total. The van der Waals surface area contributed by atoms with Crippen LogP contribution in [-0.4, -0.2) is 11.2 Å². The molecule has 1 heterocycles. The van der Waals surface area contributed by atoms with Gasteiger partial charge in [-0.2, -0.15) is 10.2 Å². The molecule has 0 amide bonds. The zero-order valence-corrected chi connectivity index (χ0v) is 7.76. The predicted octanol–water partition coefficient (Wildman–Crippen LogP) is 2.42. The van der Waals surface area contributed by atoms with Gasteiger partial charge in [-0.05, 0) is 18.4 Å². The molecule has 4 heteroatoms. The van der Waals surface area contributed by atoms with Gasteiger partial charge in [-0.1, -0.05) is 6.07 Å². The van der Waals surface area contributed by atoms with Crippen LogP contribution >= 0.6 is 11.8 Å². The molecule has 0 saturated carbocycles. The highest BCUT2D eigenvalue weighted by Gasteiger charge is 2.07. The lowest BCUT2D eigenvalue weighted by Gasteiger charge is -1.93. The van der Waals surface area contributed by atoms with Crippen molar-refractivity contribution in [2.45, 2.75) is 4.90 Å². The van der Waals surface area contributed by atoms with Gasteiger partial charge >= 0.3 is 5.89 Å². The molecule has 0 saturated heterocycles. The first-order valence-electron chi connectivity index (χ1n) is 3.69. The molecule has 0 atom stereocenters. The monoisotopic (exact) mass is 190 g/mol. The van der Waals surface area contributed by atoms with Crippen molar-refractivity contribution in [1.82, 2.24) is 4.98 Å². The molecule has 0 radical (unpaired) electrons. The number of para-hydroxylation sites is 1. The quantitative estimate of drug-likeness (QED) is 0.648. The minimum absolute atomic E-state index is 0.122. The van der Waals surface area contributed by atoms with E-state index in [1.165, 1.54) is 0 Å². The minimum atomic E-state index is 0.122. The van der Waals surface area contributed by atoms with Crippen molar-refractivity contribution >= 4 is 22.9 Å². The summed E-state index contributed by atoms with van der Waals surface area (Å²) in [5.74, 6) is 0.122. The molecule has 13 heavy (non-hydrogen) atoms. The highest BCUT2D eigenvalue weighted by Crippen LogP contribution is 2.25. The maximum absolute atomic E-state index is 8.59. The van der Waals surface area contributed by atoms with E-state index in [0.29, 0.717) is 5.58 Å². The first kappa shape index (κ1) is 8.14. The maximum atomic E-state index is 8.59. The second-order valence-electron chi connectivity index (χ2n) is 2.44. The van der Waals surface area contributed by atoms with E-state index in [2.05, 4.69) is 4.98 Å². The van der Waals surface area contributed by atoms with E-state index in [1.807, 2.05) is 30.5 Å². The fourth-order valence-electron chi connectivity index (χ4n) is 1.14. The molecule has 1 aromatic carbocycles. The smallest absolute Gasteiger partial charge is 0.301 e. The molecule has 0 aliphatic carbocycles. The highest BCUT2D eigenvalue weighted by atomic mass is 32.2. The number of oxazole rings is 1. The Bertz CT molecular complexity index is 484. The summed E-state index contributed by atoms with van der Waals surface area (Å²) in [6, 6.07) is 7.53. The molecular formula is C9H6N2OS. The summed E-state index contributed by atoms with van der Waals surface area (Å²) in [7, 11) is 0. The van der Waals surface area contributed by atoms with E-state index in [0.717, 1.165) is 10.4 Å².